The lowest BCUT2D eigenvalue weighted by Crippen LogP contribution is -2.37. The predicted molar refractivity (Wildman–Crippen MR) is 58.2 cm³/mol. The molecule has 1 saturated carbocycles. The first-order valence-electron chi connectivity index (χ1n) is 5.69. The Morgan fingerprint density at radius 3 is 2.71 bits per heavy atom. The van der Waals surface area contributed by atoms with Gasteiger partial charge in [0.05, 0.1) is 0 Å². The third-order valence-electron chi connectivity index (χ3n) is 3.65. The van der Waals surface area contributed by atoms with Crippen LogP contribution in [0.1, 0.15) is 18.4 Å². The Balaban J connectivity index is 1.61. The molecule has 1 N–H and O–H groups in total. The summed E-state index contributed by atoms with van der Waals surface area (Å²) in [5.41, 5.74) is 1.48. The zero-order valence-corrected chi connectivity index (χ0v) is 8.45. The van der Waals surface area contributed by atoms with E-state index in [-0.39, 0.29) is 0 Å². The number of benzene rings is 1. The molecular weight excluding hydrogens is 170 g/mol. The van der Waals surface area contributed by atoms with E-state index in [0.29, 0.717) is 0 Å². The molecule has 3 rings (SSSR count). The monoisotopic (exact) mass is 187 g/mol. The van der Waals surface area contributed by atoms with Gasteiger partial charge in [-0.2, -0.15) is 0 Å². The first kappa shape index (κ1) is 8.49. The Morgan fingerprint density at radius 1 is 1.07 bits per heavy atom. The molecule has 1 aliphatic heterocycles. The summed E-state index contributed by atoms with van der Waals surface area (Å²) in [5.74, 6) is 2.09. The molecule has 14 heavy (non-hydrogen) atoms. The number of hydrogen-bond acceptors (Lipinski definition) is 1. The van der Waals surface area contributed by atoms with Gasteiger partial charge < -0.3 is 5.32 Å². The van der Waals surface area contributed by atoms with Crippen molar-refractivity contribution in [1.29, 1.82) is 0 Å². The third kappa shape index (κ3) is 1.69. The summed E-state index contributed by atoms with van der Waals surface area (Å²) in [6.07, 6.45) is 4.10. The van der Waals surface area contributed by atoms with Crippen molar-refractivity contribution in [1.82, 2.24) is 5.32 Å². The summed E-state index contributed by atoms with van der Waals surface area (Å²) in [5, 5.41) is 3.66. The van der Waals surface area contributed by atoms with Crippen molar-refractivity contribution < 1.29 is 0 Å². The highest BCUT2D eigenvalue weighted by Gasteiger charge is 2.41. The summed E-state index contributed by atoms with van der Waals surface area (Å²) >= 11 is 0. The van der Waals surface area contributed by atoms with Crippen LogP contribution in [0.15, 0.2) is 30.3 Å². The van der Waals surface area contributed by atoms with Crippen molar-refractivity contribution in [3.05, 3.63) is 35.9 Å². The standard InChI is InChI=1S/C13H17N/c1-2-4-10(5-3-1)6-13-8-11-7-12(11)9-14-13/h1-5,11-14H,6-9H2. The van der Waals surface area contributed by atoms with Crippen molar-refractivity contribution in [2.24, 2.45) is 11.8 Å². The van der Waals surface area contributed by atoms with Crippen LogP contribution in [0.5, 0.6) is 0 Å². The van der Waals surface area contributed by atoms with Gasteiger partial charge in [0.1, 0.15) is 0 Å². The fraction of sp³-hybridized carbons (Fsp3) is 0.538. The van der Waals surface area contributed by atoms with E-state index >= 15 is 0 Å². The van der Waals surface area contributed by atoms with Crippen molar-refractivity contribution in [3.8, 4) is 0 Å². The Labute approximate surface area is 85.5 Å². The lowest BCUT2D eigenvalue weighted by molar-refractivity contribution is 0.383. The highest BCUT2D eigenvalue weighted by Crippen LogP contribution is 2.44. The Hall–Kier alpha value is -0.820. The zero-order chi connectivity index (χ0) is 9.38. The molecule has 2 aliphatic rings. The molecule has 1 nitrogen and oxygen atoms in total. The molecule has 1 aromatic rings. The Bertz CT molecular complexity index is 306. The zero-order valence-electron chi connectivity index (χ0n) is 8.45. The van der Waals surface area contributed by atoms with Gasteiger partial charge in [0.2, 0.25) is 0 Å². The van der Waals surface area contributed by atoms with Crippen molar-refractivity contribution in [3.63, 3.8) is 0 Å². The molecule has 0 amide bonds. The fourth-order valence-electron chi connectivity index (χ4n) is 2.67. The lowest BCUT2D eigenvalue weighted by atomic mass is 9.98. The summed E-state index contributed by atoms with van der Waals surface area (Å²) in [4.78, 5) is 0. The van der Waals surface area contributed by atoms with Crippen LogP contribution < -0.4 is 5.32 Å². The van der Waals surface area contributed by atoms with Gasteiger partial charge in [0.15, 0.2) is 0 Å². The van der Waals surface area contributed by atoms with Gasteiger partial charge in [-0.25, -0.2) is 0 Å². The fourth-order valence-corrected chi connectivity index (χ4v) is 2.67. The molecule has 3 atom stereocenters. The minimum atomic E-state index is 0.737. The van der Waals surface area contributed by atoms with E-state index in [1.165, 1.54) is 31.4 Å². The van der Waals surface area contributed by atoms with Gasteiger partial charge in [0, 0.05) is 6.04 Å². The molecule has 1 saturated heterocycles. The Morgan fingerprint density at radius 2 is 1.93 bits per heavy atom. The van der Waals surface area contributed by atoms with Crippen LogP contribution >= 0.6 is 0 Å². The van der Waals surface area contributed by atoms with Crippen LogP contribution in [0.2, 0.25) is 0 Å². The third-order valence-corrected chi connectivity index (χ3v) is 3.65. The Kier molecular flexibility index (Phi) is 2.06. The molecule has 0 bridgehead atoms. The maximum absolute atomic E-state index is 3.66. The number of hydrogen-bond donors (Lipinski definition) is 1. The summed E-state index contributed by atoms with van der Waals surface area (Å²) in [6.45, 7) is 1.27. The minimum absolute atomic E-state index is 0.737. The van der Waals surface area contributed by atoms with E-state index in [2.05, 4.69) is 35.6 Å². The van der Waals surface area contributed by atoms with Gasteiger partial charge in [-0.15, -0.1) is 0 Å². The second-order valence-corrected chi connectivity index (χ2v) is 4.79. The molecule has 1 heteroatoms. The molecule has 0 spiro atoms. The normalized spacial score (nSPS) is 35.0. The van der Waals surface area contributed by atoms with Gasteiger partial charge in [-0.1, -0.05) is 30.3 Å². The largest absolute Gasteiger partial charge is 0.313 e. The molecule has 3 unspecified atom stereocenters. The van der Waals surface area contributed by atoms with Crippen LogP contribution in [-0.4, -0.2) is 12.6 Å². The van der Waals surface area contributed by atoms with E-state index in [1.807, 2.05) is 0 Å². The maximum atomic E-state index is 3.66. The van der Waals surface area contributed by atoms with Gasteiger partial charge >= 0.3 is 0 Å². The van der Waals surface area contributed by atoms with Crippen LogP contribution in [-0.2, 0) is 6.42 Å². The molecule has 1 aliphatic carbocycles. The van der Waals surface area contributed by atoms with E-state index in [9.17, 15) is 0 Å². The molecule has 1 heterocycles. The lowest BCUT2D eigenvalue weighted by Gasteiger charge is -2.23. The molecule has 0 radical (unpaired) electrons. The SMILES string of the molecule is c1ccc(CC2CC3CC3CN2)cc1. The molecule has 74 valence electrons. The summed E-state index contributed by atoms with van der Waals surface area (Å²) < 4.78 is 0. The summed E-state index contributed by atoms with van der Waals surface area (Å²) in [6, 6.07) is 11.6. The van der Waals surface area contributed by atoms with Crippen LogP contribution in [0.3, 0.4) is 0 Å². The van der Waals surface area contributed by atoms with Crippen molar-refractivity contribution in [2.45, 2.75) is 25.3 Å². The van der Waals surface area contributed by atoms with Crippen LogP contribution in [0.25, 0.3) is 0 Å². The van der Waals surface area contributed by atoms with Crippen molar-refractivity contribution in [2.75, 3.05) is 6.54 Å². The molecular formula is C13H17N. The summed E-state index contributed by atoms with van der Waals surface area (Å²) in [7, 11) is 0. The molecule has 2 fully saturated rings. The van der Waals surface area contributed by atoms with Crippen LogP contribution in [0.4, 0.5) is 0 Å². The number of fused-ring (bicyclic) bond motifs is 1. The highest BCUT2D eigenvalue weighted by atomic mass is 14.9. The van der Waals surface area contributed by atoms with E-state index in [1.54, 1.807) is 0 Å². The highest BCUT2D eigenvalue weighted by molar-refractivity contribution is 5.16. The van der Waals surface area contributed by atoms with Gasteiger partial charge in [-0.3, -0.25) is 0 Å². The average Bonchev–Trinajstić information content (AvgIpc) is 2.97. The van der Waals surface area contributed by atoms with Gasteiger partial charge in [0.25, 0.3) is 0 Å². The average molecular weight is 187 g/mol. The van der Waals surface area contributed by atoms with Crippen LogP contribution in [0, 0.1) is 11.8 Å². The number of rotatable bonds is 2. The number of nitrogens with one attached hydrogen (secondary N) is 1. The quantitative estimate of drug-likeness (QED) is 0.748. The minimum Gasteiger partial charge on any atom is -0.313 e. The van der Waals surface area contributed by atoms with E-state index in [0.717, 1.165) is 17.9 Å². The maximum Gasteiger partial charge on any atom is 0.0110 e. The van der Waals surface area contributed by atoms with Crippen molar-refractivity contribution >= 4 is 0 Å². The first-order chi connectivity index (χ1) is 6.92. The second kappa shape index (κ2) is 3.39. The smallest absolute Gasteiger partial charge is 0.0110 e. The van der Waals surface area contributed by atoms with E-state index < -0.39 is 0 Å². The topological polar surface area (TPSA) is 12.0 Å². The number of piperidine rings is 1. The predicted octanol–water partition coefficient (Wildman–Crippen LogP) is 2.23. The molecule has 1 aromatic carbocycles. The first-order valence-corrected chi connectivity index (χ1v) is 5.69. The van der Waals surface area contributed by atoms with Gasteiger partial charge in [-0.05, 0) is 43.2 Å². The molecule has 0 aromatic heterocycles. The van der Waals surface area contributed by atoms with E-state index in [4.69, 9.17) is 0 Å². The second-order valence-electron chi connectivity index (χ2n) is 4.79.